The number of amides is 1. The molecule has 0 aromatic rings. The summed E-state index contributed by atoms with van der Waals surface area (Å²) in [7, 11) is 0. The quantitative estimate of drug-likeness (QED) is 0.0261. The van der Waals surface area contributed by atoms with E-state index in [9.17, 15) is 30.3 Å². The summed E-state index contributed by atoms with van der Waals surface area (Å²) in [5.74, 6) is -0.185. The van der Waals surface area contributed by atoms with Crippen LogP contribution in [0, 0.1) is 0 Å². The lowest BCUT2D eigenvalue weighted by Crippen LogP contribution is -2.60. The summed E-state index contributed by atoms with van der Waals surface area (Å²) in [4.78, 5) is 13.1. The second kappa shape index (κ2) is 66.0. The van der Waals surface area contributed by atoms with Crippen molar-refractivity contribution in [3.63, 3.8) is 0 Å². The van der Waals surface area contributed by atoms with Crippen molar-refractivity contribution >= 4 is 5.91 Å². The van der Waals surface area contributed by atoms with Crippen molar-refractivity contribution in [2.75, 3.05) is 13.2 Å². The van der Waals surface area contributed by atoms with Gasteiger partial charge in [-0.15, -0.1) is 0 Å². The van der Waals surface area contributed by atoms with Crippen LogP contribution in [-0.4, -0.2) is 87.5 Å². The van der Waals surface area contributed by atoms with Gasteiger partial charge in [0, 0.05) is 6.42 Å². The molecule has 1 saturated heterocycles. The molecule has 0 radical (unpaired) electrons. The number of allylic oxidation sites excluding steroid dienone is 15. The molecule has 1 fully saturated rings. The second-order valence-corrected chi connectivity index (χ2v) is 25.3. The lowest BCUT2D eigenvalue weighted by atomic mass is 9.99. The molecule has 7 atom stereocenters. The van der Waals surface area contributed by atoms with Gasteiger partial charge in [0.15, 0.2) is 6.29 Å². The van der Waals surface area contributed by atoms with Crippen LogP contribution in [0.15, 0.2) is 97.2 Å². The van der Waals surface area contributed by atoms with Gasteiger partial charge in [-0.05, 0) is 83.5 Å². The van der Waals surface area contributed by atoms with Crippen molar-refractivity contribution in [1.82, 2.24) is 5.32 Å². The molecular formula is C78H139NO8. The fraction of sp³-hybridized carbons (Fsp3) is 0.782. The number of aliphatic hydroxyl groups is 5. The Balaban J connectivity index is 2.13. The van der Waals surface area contributed by atoms with Crippen molar-refractivity contribution < 1.29 is 39.8 Å². The number of unbranched alkanes of at least 4 members (excludes halogenated alkanes) is 40. The number of carbonyl (C=O) groups is 1. The highest BCUT2D eigenvalue weighted by molar-refractivity contribution is 5.76. The first-order valence-electron chi connectivity index (χ1n) is 37.0. The van der Waals surface area contributed by atoms with Crippen molar-refractivity contribution in [2.24, 2.45) is 0 Å². The SMILES string of the molecule is CC/C=C\C/C=C\C/C=C\C/C=C\C/C=C\C/C=C\CCCCCCCCCCCCCCCCCCC(=O)NC(COC1OC(CO)C(O)C(O)C1O)C(O)/C=C/CC/C=C/CCCCCCCCCCCCCCCCCCCCCCCCC. The topological polar surface area (TPSA) is 149 Å². The predicted molar refractivity (Wildman–Crippen MR) is 373 cm³/mol. The Kier molecular flexibility index (Phi) is 62.3. The molecule has 1 amide bonds. The summed E-state index contributed by atoms with van der Waals surface area (Å²) < 4.78 is 11.3. The van der Waals surface area contributed by atoms with Crippen LogP contribution in [0.5, 0.6) is 0 Å². The van der Waals surface area contributed by atoms with Crippen LogP contribution >= 0.6 is 0 Å². The van der Waals surface area contributed by atoms with Gasteiger partial charge in [0.2, 0.25) is 5.91 Å². The van der Waals surface area contributed by atoms with E-state index < -0.39 is 49.5 Å². The van der Waals surface area contributed by atoms with Crippen LogP contribution in [0.4, 0.5) is 0 Å². The van der Waals surface area contributed by atoms with Gasteiger partial charge in [-0.3, -0.25) is 4.79 Å². The first-order chi connectivity index (χ1) is 42.8. The Labute approximate surface area is 536 Å². The van der Waals surface area contributed by atoms with Crippen molar-refractivity contribution in [3.05, 3.63) is 97.2 Å². The van der Waals surface area contributed by atoms with Gasteiger partial charge in [0.1, 0.15) is 24.4 Å². The van der Waals surface area contributed by atoms with E-state index in [1.165, 1.54) is 238 Å². The van der Waals surface area contributed by atoms with Gasteiger partial charge in [-0.2, -0.15) is 0 Å². The minimum absolute atomic E-state index is 0.185. The molecule has 1 aliphatic rings. The monoisotopic (exact) mass is 1220 g/mol. The van der Waals surface area contributed by atoms with E-state index >= 15 is 0 Å². The Bertz CT molecular complexity index is 1700. The standard InChI is InChI=1S/C78H139NO8/c1-3-5-7-9-11-13-15-17-19-21-23-25-27-29-31-33-34-35-36-37-38-40-42-44-46-48-50-52-54-56-58-60-62-64-66-68-74(82)79-71(70-86-78-77(85)76(84)75(83)73(69-80)87-78)72(81)67-65-63-61-59-57-55-53-51-49-47-45-43-41-39-32-30-28-26-24-22-20-18-16-14-12-10-8-6-4-2/h5,7,11,13,17,19,23,25,29,31,34-35,57,59,65,67,71-73,75-78,80-81,83-85H,3-4,6,8-10,12,14-16,18,20-22,24,26-28,30,32-33,36-56,58,60-64,66,68-70H2,1-2H3,(H,79,82)/b7-5-,13-11-,19-17-,25-23-,31-29-,35-34-,59-57+,67-65+. The molecule has 6 N–H and O–H groups in total. The minimum atomic E-state index is -1.58. The van der Waals surface area contributed by atoms with E-state index in [-0.39, 0.29) is 12.5 Å². The smallest absolute Gasteiger partial charge is 0.220 e. The molecule has 0 aromatic heterocycles. The van der Waals surface area contributed by atoms with Crippen LogP contribution in [-0.2, 0) is 14.3 Å². The zero-order valence-electron chi connectivity index (χ0n) is 56.5. The van der Waals surface area contributed by atoms with Gasteiger partial charge in [-0.25, -0.2) is 0 Å². The normalized spacial score (nSPS) is 18.5. The summed E-state index contributed by atoms with van der Waals surface area (Å²) >= 11 is 0. The number of ether oxygens (including phenoxy) is 2. The van der Waals surface area contributed by atoms with Gasteiger partial charge >= 0.3 is 0 Å². The van der Waals surface area contributed by atoms with Gasteiger partial charge in [-0.1, -0.05) is 342 Å². The van der Waals surface area contributed by atoms with Gasteiger partial charge < -0.3 is 40.3 Å². The van der Waals surface area contributed by atoms with Crippen LogP contribution in [0.3, 0.4) is 0 Å². The maximum Gasteiger partial charge on any atom is 0.220 e. The summed E-state index contributed by atoms with van der Waals surface area (Å²) in [6.45, 7) is 3.69. The third kappa shape index (κ3) is 54.6. The first-order valence-corrected chi connectivity index (χ1v) is 37.0. The average molecular weight is 1220 g/mol. The van der Waals surface area contributed by atoms with Crippen LogP contribution < -0.4 is 5.32 Å². The van der Waals surface area contributed by atoms with E-state index in [0.717, 1.165) is 77.0 Å². The van der Waals surface area contributed by atoms with Crippen LogP contribution in [0.2, 0.25) is 0 Å². The number of hydrogen-bond donors (Lipinski definition) is 6. The summed E-state index contributed by atoms with van der Waals surface area (Å²) in [5.41, 5.74) is 0. The molecular weight excluding hydrogens is 1080 g/mol. The van der Waals surface area contributed by atoms with E-state index in [1.807, 2.05) is 6.08 Å². The molecule has 1 aliphatic heterocycles. The molecule has 0 aliphatic carbocycles. The molecule has 1 heterocycles. The highest BCUT2D eigenvalue weighted by Gasteiger charge is 2.44. The van der Waals surface area contributed by atoms with Crippen molar-refractivity contribution in [2.45, 2.75) is 378 Å². The van der Waals surface area contributed by atoms with Crippen LogP contribution in [0.1, 0.15) is 335 Å². The fourth-order valence-electron chi connectivity index (χ4n) is 11.4. The predicted octanol–water partition coefficient (Wildman–Crippen LogP) is 20.6. The average Bonchev–Trinajstić information content (AvgIpc) is 3.47. The molecule has 0 bridgehead atoms. The number of rotatable bonds is 64. The highest BCUT2D eigenvalue weighted by Crippen LogP contribution is 2.23. The zero-order chi connectivity index (χ0) is 62.8. The molecule has 9 heteroatoms. The molecule has 504 valence electrons. The molecule has 0 spiro atoms. The van der Waals surface area contributed by atoms with Gasteiger partial charge in [0.05, 0.1) is 25.4 Å². The van der Waals surface area contributed by atoms with Crippen molar-refractivity contribution in [1.29, 1.82) is 0 Å². The van der Waals surface area contributed by atoms with Crippen molar-refractivity contribution in [3.8, 4) is 0 Å². The zero-order valence-corrected chi connectivity index (χ0v) is 56.5. The second-order valence-electron chi connectivity index (χ2n) is 25.3. The minimum Gasteiger partial charge on any atom is -0.394 e. The molecule has 1 rings (SSSR count). The van der Waals surface area contributed by atoms with Crippen LogP contribution in [0.25, 0.3) is 0 Å². The Morgan fingerprint density at radius 1 is 0.402 bits per heavy atom. The summed E-state index contributed by atoms with van der Waals surface area (Å²) in [5, 5.41) is 54.8. The summed E-state index contributed by atoms with van der Waals surface area (Å²) in [6.07, 6.45) is 89.6. The maximum atomic E-state index is 13.1. The first kappa shape index (κ1) is 82.1. The Morgan fingerprint density at radius 3 is 1.10 bits per heavy atom. The Hall–Kier alpha value is -2.89. The highest BCUT2D eigenvalue weighted by atomic mass is 16.7. The number of hydrogen-bond acceptors (Lipinski definition) is 8. The molecule has 0 saturated carbocycles. The lowest BCUT2D eigenvalue weighted by Gasteiger charge is -2.40. The largest absolute Gasteiger partial charge is 0.394 e. The summed E-state index contributed by atoms with van der Waals surface area (Å²) in [6, 6.07) is -0.828. The third-order valence-electron chi connectivity index (χ3n) is 17.1. The fourth-order valence-corrected chi connectivity index (χ4v) is 11.4. The molecule has 9 nitrogen and oxygen atoms in total. The van der Waals surface area contributed by atoms with E-state index in [4.69, 9.17) is 9.47 Å². The lowest BCUT2D eigenvalue weighted by molar-refractivity contribution is -0.302. The number of aliphatic hydroxyl groups excluding tert-OH is 5. The Morgan fingerprint density at radius 2 is 0.724 bits per heavy atom. The number of nitrogens with one attached hydrogen (secondary N) is 1. The van der Waals surface area contributed by atoms with E-state index in [2.05, 4.69) is 104 Å². The maximum absolute atomic E-state index is 13.1. The van der Waals surface area contributed by atoms with Gasteiger partial charge in [0.25, 0.3) is 0 Å². The molecule has 0 aromatic carbocycles. The van der Waals surface area contributed by atoms with E-state index in [1.54, 1.807) is 6.08 Å². The molecule has 87 heavy (non-hydrogen) atoms. The number of carbonyl (C=O) groups excluding carboxylic acids is 1. The third-order valence-corrected chi connectivity index (χ3v) is 17.1. The van der Waals surface area contributed by atoms with E-state index in [0.29, 0.717) is 6.42 Å². The molecule has 7 unspecified atom stereocenters.